The lowest BCUT2D eigenvalue weighted by atomic mass is 9.99. The van der Waals surface area contributed by atoms with Crippen LogP contribution in [0.25, 0.3) is 16.6 Å². The average molecular weight is 503 g/mol. The van der Waals surface area contributed by atoms with Crippen molar-refractivity contribution in [3.63, 3.8) is 0 Å². The quantitative estimate of drug-likeness (QED) is 0.421. The first-order valence-electron chi connectivity index (χ1n) is 12.3. The van der Waals surface area contributed by atoms with Crippen LogP contribution in [-0.4, -0.2) is 70.2 Å². The molecule has 6 nitrogen and oxygen atoms in total. The predicted octanol–water partition coefficient (Wildman–Crippen LogP) is 5.42. The molecule has 0 spiro atoms. The van der Waals surface area contributed by atoms with Gasteiger partial charge in [0, 0.05) is 67.1 Å². The van der Waals surface area contributed by atoms with Crippen LogP contribution >= 0.6 is 0 Å². The number of rotatable bonds is 6. The molecule has 0 amide bonds. The number of aromatic nitrogens is 2. The second-order valence-electron chi connectivity index (χ2n) is 9.75. The SMILES string of the molecule is Cc1ncccc1-c1ccn2c(C(C)N3CCN(CC(F)(F)F)CC3)c(C)c(C(=O)OC(C)C)cc12. The van der Waals surface area contributed by atoms with E-state index in [1.54, 1.807) is 6.20 Å². The standard InChI is InChI=1S/C27H33F3N4O2/c1-17(2)36-26(35)23-15-24-22(21-7-6-9-31-19(21)4)8-10-34(24)25(18(23)3)20(5)33-13-11-32(12-14-33)16-27(28,29)30/h6-10,15,17,20H,11-14,16H2,1-5H3. The summed E-state index contributed by atoms with van der Waals surface area (Å²) < 4.78 is 46.2. The summed E-state index contributed by atoms with van der Waals surface area (Å²) in [6, 6.07) is 7.67. The zero-order valence-electron chi connectivity index (χ0n) is 21.4. The Hall–Kier alpha value is -2.91. The van der Waals surface area contributed by atoms with Crippen LogP contribution in [0.5, 0.6) is 0 Å². The molecule has 4 rings (SSSR count). The van der Waals surface area contributed by atoms with Crippen LogP contribution in [0.15, 0.2) is 36.7 Å². The summed E-state index contributed by atoms with van der Waals surface area (Å²) in [5, 5.41) is 0. The van der Waals surface area contributed by atoms with Crippen molar-refractivity contribution in [1.29, 1.82) is 0 Å². The van der Waals surface area contributed by atoms with Gasteiger partial charge in [-0.25, -0.2) is 4.79 Å². The third kappa shape index (κ3) is 5.42. The van der Waals surface area contributed by atoms with Gasteiger partial charge < -0.3 is 9.14 Å². The summed E-state index contributed by atoms with van der Waals surface area (Å²) in [4.78, 5) is 21.2. The fourth-order valence-corrected chi connectivity index (χ4v) is 5.10. The van der Waals surface area contributed by atoms with E-state index in [4.69, 9.17) is 4.74 Å². The minimum Gasteiger partial charge on any atom is -0.459 e. The van der Waals surface area contributed by atoms with Crippen LogP contribution in [-0.2, 0) is 4.74 Å². The summed E-state index contributed by atoms with van der Waals surface area (Å²) in [7, 11) is 0. The number of hydrogen-bond donors (Lipinski definition) is 0. The van der Waals surface area contributed by atoms with Crippen molar-refractivity contribution in [2.45, 2.75) is 52.9 Å². The van der Waals surface area contributed by atoms with Crippen LogP contribution in [0.3, 0.4) is 0 Å². The van der Waals surface area contributed by atoms with Crippen molar-refractivity contribution in [2.75, 3.05) is 32.7 Å². The Kier molecular flexibility index (Phi) is 7.43. The first kappa shape index (κ1) is 26.2. The molecule has 1 saturated heterocycles. The molecule has 0 N–H and O–H groups in total. The van der Waals surface area contributed by atoms with E-state index < -0.39 is 12.7 Å². The highest BCUT2D eigenvalue weighted by atomic mass is 19.4. The number of pyridine rings is 2. The van der Waals surface area contributed by atoms with Crippen molar-refractivity contribution in [3.05, 3.63) is 59.2 Å². The zero-order valence-corrected chi connectivity index (χ0v) is 21.4. The van der Waals surface area contributed by atoms with E-state index in [1.807, 2.05) is 65.1 Å². The Balaban J connectivity index is 1.77. The van der Waals surface area contributed by atoms with E-state index in [2.05, 4.69) is 14.3 Å². The van der Waals surface area contributed by atoms with E-state index in [1.165, 1.54) is 4.90 Å². The molecule has 0 aliphatic carbocycles. The van der Waals surface area contributed by atoms with Gasteiger partial charge >= 0.3 is 12.1 Å². The fraction of sp³-hybridized carbons (Fsp3) is 0.481. The third-order valence-corrected chi connectivity index (χ3v) is 6.87. The van der Waals surface area contributed by atoms with Gasteiger partial charge in [-0.2, -0.15) is 13.2 Å². The van der Waals surface area contributed by atoms with Gasteiger partial charge in [0.15, 0.2) is 0 Å². The van der Waals surface area contributed by atoms with Crippen LogP contribution in [0.4, 0.5) is 13.2 Å². The highest BCUT2D eigenvalue weighted by Gasteiger charge is 2.34. The summed E-state index contributed by atoms with van der Waals surface area (Å²) >= 11 is 0. The summed E-state index contributed by atoms with van der Waals surface area (Å²) in [5.41, 5.74) is 5.92. The van der Waals surface area contributed by atoms with Crippen LogP contribution in [0.2, 0.25) is 0 Å². The van der Waals surface area contributed by atoms with Crippen molar-refractivity contribution in [3.8, 4) is 11.1 Å². The topological polar surface area (TPSA) is 50.1 Å². The summed E-state index contributed by atoms with van der Waals surface area (Å²) in [6.45, 7) is 10.4. The average Bonchev–Trinajstić information content (AvgIpc) is 3.20. The maximum atomic E-state index is 13.1. The Bertz CT molecular complexity index is 1240. The van der Waals surface area contributed by atoms with Crippen molar-refractivity contribution in [1.82, 2.24) is 19.2 Å². The fourth-order valence-electron chi connectivity index (χ4n) is 5.10. The minimum atomic E-state index is -4.20. The molecule has 1 aliphatic rings. The second-order valence-corrected chi connectivity index (χ2v) is 9.75. The van der Waals surface area contributed by atoms with Gasteiger partial charge in [-0.3, -0.25) is 14.8 Å². The molecule has 0 aromatic carbocycles. The molecule has 1 unspecified atom stereocenters. The number of piperazine rings is 1. The van der Waals surface area contributed by atoms with Crippen LogP contribution in [0, 0.1) is 13.8 Å². The van der Waals surface area contributed by atoms with Gasteiger partial charge in [0.2, 0.25) is 0 Å². The number of alkyl halides is 3. The number of esters is 1. The van der Waals surface area contributed by atoms with E-state index in [0.29, 0.717) is 31.7 Å². The van der Waals surface area contributed by atoms with Crippen molar-refractivity contribution >= 4 is 11.5 Å². The highest BCUT2D eigenvalue weighted by molar-refractivity contribution is 5.95. The van der Waals surface area contributed by atoms with Gasteiger partial charge in [0.1, 0.15) is 0 Å². The number of carbonyl (C=O) groups excluding carboxylic acids is 1. The normalized spacial score (nSPS) is 16.6. The Morgan fingerprint density at radius 3 is 2.39 bits per heavy atom. The van der Waals surface area contributed by atoms with E-state index in [0.717, 1.165) is 33.6 Å². The molecule has 36 heavy (non-hydrogen) atoms. The monoisotopic (exact) mass is 502 g/mol. The lowest BCUT2D eigenvalue weighted by Crippen LogP contribution is -2.49. The van der Waals surface area contributed by atoms with E-state index in [-0.39, 0.29) is 18.1 Å². The van der Waals surface area contributed by atoms with Gasteiger partial charge in [-0.05, 0) is 58.4 Å². The molecule has 3 aromatic heterocycles. The summed E-state index contributed by atoms with van der Waals surface area (Å²) in [5.74, 6) is -0.386. The third-order valence-electron chi connectivity index (χ3n) is 6.87. The lowest BCUT2D eigenvalue weighted by molar-refractivity contribution is -0.149. The van der Waals surface area contributed by atoms with Crippen LogP contribution < -0.4 is 0 Å². The molecule has 1 aliphatic heterocycles. The summed E-state index contributed by atoms with van der Waals surface area (Å²) in [6.07, 6.45) is -0.720. The molecule has 194 valence electrons. The minimum absolute atomic E-state index is 0.123. The number of nitrogens with zero attached hydrogens (tertiary/aromatic N) is 4. The molecule has 3 aromatic rings. The number of halogens is 3. The Morgan fingerprint density at radius 2 is 1.78 bits per heavy atom. The number of aryl methyl sites for hydroxylation is 1. The zero-order chi connectivity index (χ0) is 26.2. The second kappa shape index (κ2) is 10.2. The molecule has 1 atom stereocenters. The number of fused-ring (bicyclic) bond motifs is 1. The Morgan fingerprint density at radius 1 is 1.08 bits per heavy atom. The maximum absolute atomic E-state index is 13.1. The van der Waals surface area contributed by atoms with Crippen molar-refractivity contribution in [2.24, 2.45) is 0 Å². The van der Waals surface area contributed by atoms with Gasteiger partial charge in [-0.15, -0.1) is 0 Å². The number of carbonyl (C=O) groups is 1. The lowest BCUT2D eigenvalue weighted by Gasteiger charge is -2.39. The molecule has 9 heteroatoms. The first-order chi connectivity index (χ1) is 17.0. The molecule has 0 saturated carbocycles. The largest absolute Gasteiger partial charge is 0.459 e. The first-order valence-corrected chi connectivity index (χ1v) is 12.3. The number of ether oxygens (including phenoxy) is 1. The van der Waals surface area contributed by atoms with Gasteiger partial charge in [0.25, 0.3) is 0 Å². The van der Waals surface area contributed by atoms with E-state index >= 15 is 0 Å². The highest BCUT2D eigenvalue weighted by Crippen LogP contribution is 2.35. The molecule has 4 heterocycles. The molecular formula is C27H33F3N4O2. The van der Waals surface area contributed by atoms with Crippen molar-refractivity contribution < 1.29 is 22.7 Å². The number of hydrogen-bond acceptors (Lipinski definition) is 5. The molecule has 0 radical (unpaired) electrons. The van der Waals surface area contributed by atoms with Gasteiger partial charge in [-0.1, -0.05) is 6.07 Å². The maximum Gasteiger partial charge on any atom is 0.401 e. The molecule has 0 bridgehead atoms. The van der Waals surface area contributed by atoms with E-state index in [9.17, 15) is 18.0 Å². The Labute approximate surface area is 209 Å². The smallest absolute Gasteiger partial charge is 0.401 e. The predicted molar refractivity (Wildman–Crippen MR) is 133 cm³/mol. The van der Waals surface area contributed by atoms with Crippen LogP contribution in [0.1, 0.15) is 54.1 Å². The molecule has 1 fully saturated rings. The molecular weight excluding hydrogens is 469 g/mol. The van der Waals surface area contributed by atoms with Gasteiger partial charge in [0.05, 0.1) is 23.7 Å².